The summed E-state index contributed by atoms with van der Waals surface area (Å²) in [6.07, 6.45) is -0.659. The summed E-state index contributed by atoms with van der Waals surface area (Å²) < 4.78 is 7.14. The molecular formula is C11H14N4O4S. The highest BCUT2D eigenvalue weighted by molar-refractivity contribution is 7.81. The average molecular weight is 298 g/mol. The van der Waals surface area contributed by atoms with Crippen molar-refractivity contribution in [1.82, 2.24) is 14.5 Å². The largest absolute Gasteiger partial charge is 0.394 e. The Balaban J connectivity index is 2.09. The van der Waals surface area contributed by atoms with E-state index in [4.69, 9.17) is 15.6 Å². The van der Waals surface area contributed by atoms with Crippen LogP contribution in [-0.4, -0.2) is 48.8 Å². The lowest BCUT2D eigenvalue weighted by molar-refractivity contribution is -0.0428. The van der Waals surface area contributed by atoms with Crippen LogP contribution in [0.25, 0.3) is 11.0 Å². The minimum absolute atomic E-state index is 0.00424. The normalized spacial score (nSPS) is 30.1. The first kappa shape index (κ1) is 13.4. The molecule has 0 radical (unpaired) electrons. The zero-order valence-corrected chi connectivity index (χ0v) is 11.2. The minimum Gasteiger partial charge on any atom is -0.394 e. The number of nitrogens with two attached hydrogens (primary N) is 1. The van der Waals surface area contributed by atoms with Gasteiger partial charge in [0, 0.05) is 6.20 Å². The van der Waals surface area contributed by atoms with Crippen LogP contribution in [0.4, 0.5) is 5.95 Å². The molecule has 1 saturated heterocycles. The quantitative estimate of drug-likeness (QED) is 0.446. The number of hydrogen-bond acceptors (Lipinski definition) is 7. The van der Waals surface area contributed by atoms with Gasteiger partial charge in [-0.2, -0.15) is 17.6 Å². The number of ether oxygens (including phenoxy) is 1. The summed E-state index contributed by atoms with van der Waals surface area (Å²) in [6, 6.07) is 1.59. The maximum absolute atomic E-state index is 11.8. The zero-order chi connectivity index (χ0) is 14.4. The van der Waals surface area contributed by atoms with E-state index in [1.54, 1.807) is 16.8 Å². The van der Waals surface area contributed by atoms with Crippen LogP contribution in [0.5, 0.6) is 0 Å². The standard InChI is InChI=1S/C11H14N4O4S/c12-11-13-8-4(9(18)14-11)1-2-15(8)10-7(20)6(17)5(3-16)19-10/h1-2,5-7,10,16-17,20H,3H2,(H3,12,13,14,18)/t5-,6-,7-,10-/m1/s1. The van der Waals surface area contributed by atoms with E-state index in [2.05, 4.69) is 22.6 Å². The highest BCUT2D eigenvalue weighted by Crippen LogP contribution is 2.34. The first-order valence-corrected chi connectivity index (χ1v) is 6.53. The van der Waals surface area contributed by atoms with Crippen molar-refractivity contribution in [1.29, 1.82) is 0 Å². The molecule has 9 heteroatoms. The molecule has 5 N–H and O–H groups in total. The van der Waals surface area contributed by atoms with Crippen LogP contribution in [0.3, 0.4) is 0 Å². The predicted molar refractivity (Wildman–Crippen MR) is 74.5 cm³/mol. The lowest BCUT2D eigenvalue weighted by Gasteiger charge is -2.17. The summed E-state index contributed by atoms with van der Waals surface area (Å²) >= 11 is 4.31. The van der Waals surface area contributed by atoms with Crippen LogP contribution < -0.4 is 11.3 Å². The zero-order valence-electron chi connectivity index (χ0n) is 10.3. The van der Waals surface area contributed by atoms with Gasteiger partial charge in [-0.25, -0.2) is 0 Å². The van der Waals surface area contributed by atoms with Crippen LogP contribution in [-0.2, 0) is 4.74 Å². The molecule has 0 bridgehead atoms. The van der Waals surface area contributed by atoms with Crippen molar-refractivity contribution in [2.75, 3.05) is 12.3 Å². The van der Waals surface area contributed by atoms with Crippen molar-refractivity contribution in [3.8, 4) is 0 Å². The Bertz CT molecular complexity index is 699. The molecule has 2 aromatic rings. The number of H-pyrrole nitrogens is 1. The Morgan fingerprint density at radius 2 is 2.35 bits per heavy atom. The number of nitrogens with one attached hydrogen (secondary N) is 1. The predicted octanol–water partition coefficient (Wildman–Crippen LogP) is -1.14. The number of fused-ring (bicyclic) bond motifs is 1. The second kappa shape index (κ2) is 4.77. The molecule has 1 fully saturated rings. The third kappa shape index (κ3) is 1.90. The monoisotopic (exact) mass is 298 g/mol. The lowest BCUT2D eigenvalue weighted by atomic mass is 10.2. The highest BCUT2D eigenvalue weighted by Gasteiger charge is 2.42. The number of nitrogen functional groups attached to an aromatic ring is 1. The second-order valence-corrected chi connectivity index (χ2v) is 5.24. The molecule has 2 aromatic heterocycles. The number of anilines is 1. The second-order valence-electron chi connectivity index (χ2n) is 4.64. The van der Waals surface area contributed by atoms with Crippen molar-refractivity contribution in [3.63, 3.8) is 0 Å². The number of hydrogen-bond donors (Lipinski definition) is 5. The van der Waals surface area contributed by atoms with E-state index >= 15 is 0 Å². The van der Waals surface area contributed by atoms with Gasteiger partial charge in [0.25, 0.3) is 5.56 Å². The van der Waals surface area contributed by atoms with E-state index in [0.717, 1.165) is 0 Å². The topological polar surface area (TPSA) is 126 Å². The number of rotatable bonds is 2. The Morgan fingerprint density at radius 3 is 3.00 bits per heavy atom. The van der Waals surface area contributed by atoms with E-state index < -0.39 is 23.7 Å². The first-order chi connectivity index (χ1) is 9.52. The number of thiol groups is 1. The summed E-state index contributed by atoms with van der Waals surface area (Å²) in [7, 11) is 0. The SMILES string of the molecule is Nc1nc2c(ccn2[C@@H]2O[C@H](CO)[C@@H](O)[C@H]2S)c(=O)[nH]1. The van der Waals surface area contributed by atoms with Gasteiger partial charge in [0.1, 0.15) is 12.3 Å². The molecule has 4 atom stereocenters. The highest BCUT2D eigenvalue weighted by atomic mass is 32.1. The molecule has 3 rings (SSSR count). The van der Waals surface area contributed by atoms with Gasteiger partial charge >= 0.3 is 0 Å². The van der Waals surface area contributed by atoms with Gasteiger partial charge < -0.3 is 25.3 Å². The number of aromatic nitrogens is 3. The number of nitrogens with zero attached hydrogens (tertiary/aromatic N) is 2. The molecule has 20 heavy (non-hydrogen) atoms. The summed E-state index contributed by atoms with van der Waals surface area (Å²) in [4.78, 5) is 18.2. The number of aromatic amines is 1. The fourth-order valence-electron chi connectivity index (χ4n) is 2.38. The van der Waals surface area contributed by atoms with E-state index in [1.165, 1.54) is 0 Å². The summed E-state index contributed by atoms with van der Waals surface area (Å²) in [5.74, 6) is -0.00424. The van der Waals surface area contributed by atoms with E-state index in [1.807, 2.05) is 0 Å². The van der Waals surface area contributed by atoms with Crippen molar-refractivity contribution >= 4 is 29.6 Å². The molecule has 0 spiro atoms. The van der Waals surface area contributed by atoms with E-state index in [9.17, 15) is 9.90 Å². The van der Waals surface area contributed by atoms with Gasteiger partial charge in [-0.1, -0.05) is 0 Å². The van der Waals surface area contributed by atoms with Crippen LogP contribution in [0.1, 0.15) is 6.23 Å². The first-order valence-electron chi connectivity index (χ1n) is 6.01. The molecule has 0 unspecified atom stereocenters. The Morgan fingerprint density at radius 1 is 1.60 bits per heavy atom. The van der Waals surface area contributed by atoms with Crippen molar-refractivity contribution in [3.05, 3.63) is 22.6 Å². The molecule has 108 valence electrons. The molecule has 3 heterocycles. The van der Waals surface area contributed by atoms with Crippen molar-refractivity contribution in [2.24, 2.45) is 0 Å². The molecule has 0 aliphatic carbocycles. The van der Waals surface area contributed by atoms with Gasteiger partial charge in [-0.05, 0) is 6.07 Å². The van der Waals surface area contributed by atoms with Crippen molar-refractivity contribution in [2.45, 2.75) is 23.7 Å². The minimum atomic E-state index is -0.912. The maximum Gasteiger partial charge on any atom is 0.261 e. The molecule has 0 aromatic carbocycles. The van der Waals surface area contributed by atoms with Gasteiger partial charge in [-0.3, -0.25) is 9.78 Å². The molecule has 8 nitrogen and oxygen atoms in total. The van der Waals surface area contributed by atoms with Gasteiger partial charge in [0.15, 0.2) is 5.65 Å². The van der Waals surface area contributed by atoms with E-state index in [0.29, 0.717) is 11.0 Å². The Kier molecular flexibility index (Phi) is 3.21. The van der Waals surface area contributed by atoms with Crippen LogP contribution in [0, 0.1) is 0 Å². The molecule has 1 aliphatic heterocycles. The number of aliphatic hydroxyl groups excluding tert-OH is 2. The van der Waals surface area contributed by atoms with Crippen molar-refractivity contribution < 1.29 is 14.9 Å². The maximum atomic E-state index is 11.8. The van der Waals surface area contributed by atoms with Crippen LogP contribution >= 0.6 is 12.6 Å². The molecule has 1 aliphatic rings. The third-order valence-electron chi connectivity index (χ3n) is 3.39. The lowest BCUT2D eigenvalue weighted by Crippen LogP contribution is -2.30. The smallest absolute Gasteiger partial charge is 0.261 e. The van der Waals surface area contributed by atoms with Gasteiger partial charge in [0.05, 0.1) is 23.3 Å². The van der Waals surface area contributed by atoms with Crippen LogP contribution in [0.15, 0.2) is 17.1 Å². The fourth-order valence-corrected chi connectivity index (χ4v) is 2.78. The summed E-state index contributed by atoms with van der Waals surface area (Å²) in [5, 5.41) is 18.9. The molecule has 0 amide bonds. The summed E-state index contributed by atoms with van der Waals surface area (Å²) in [6.45, 7) is -0.315. The Hall–Kier alpha value is -1.55. The summed E-state index contributed by atoms with van der Waals surface area (Å²) in [5.41, 5.74) is 5.54. The third-order valence-corrected chi connectivity index (χ3v) is 3.95. The Labute approximate surface area is 118 Å². The van der Waals surface area contributed by atoms with Crippen LogP contribution in [0.2, 0.25) is 0 Å². The van der Waals surface area contributed by atoms with Gasteiger partial charge in [-0.15, -0.1) is 0 Å². The van der Waals surface area contributed by atoms with Gasteiger partial charge in [0.2, 0.25) is 5.95 Å². The fraction of sp³-hybridized carbons (Fsp3) is 0.455. The number of aliphatic hydroxyl groups is 2. The molecular weight excluding hydrogens is 284 g/mol. The van der Waals surface area contributed by atoms with E-state index in [-0.39, 0.29) is 18.1 Å². The molecule has 0 saturated carbocycles. The average Bonchev–Trinajstić information content (AvgIpc) is 2.93.